The van der Waals surface area contributed by atoms with Crippen LogP contribution in [-0.2, 0) is 16.1 Å². The lowest BCUT2D eigenvalue weighted by molar-refractivity contribution is -0.274. The minimum Gasteiger partial charge on any atom is -0.406 e. The summed E-state index contributed by atoms with van der Waals surface area (Å²) in [6.45, 7) is 7.56. The van der Waals surface area contributed by atoms with E-state index in [1.165, 1.54) is 12.1 Å². The average molecular weight is 399 g/mol. The van der Waals surface area contributed by atoms with Gasteiger partial charge >= 0.3 is 6.36 Å². The number of morpholine rings is 1. The third kappa shape index (κ3) is 3.97. The molecular formula is C19H24F3N3O3. The Bertz CT molecular complexity index is 719. The Kier molecular flexibility index (Phi) is 5.01. The summed E-state index contributed by atoms with van der Waals surface area (Å²) in [7, 11) is 0. The lowest BCUT2D eigenvalue weighted by atomic mass is 9.82. The maximum atomic E-state index is 12.3. The summed E-state index contributed by atoms with van der Waals surface area (Å²) >= 11 is 0. The zero-order valence-corrected chi connectivity index (χ0v) is 15.7. The second-order valence-corrected chi connectivity index (χ2v) is 7.88. The number of fused-ring (bicyclic) bond motifs is 2. The summed E-state index contributed by atoms with van der Waals surface area (Å²) in [5, 5.41) is 0. The molecule has 0 radical (unpaired) electrons. The average Bonchev–Trinajstić information content (AvgIpc) is 2.60. The van der Waals surface area contributed by atoms with Crippen molar-refractivity contribution in [1.82, 2.24) is 14.7 Å². The molecule has 1 aromatic rings. The largest absolute Gasteiger partial charge is 0.573 e. The highest BCUT2D eigenvalue weighted by molar-refractivity contribution is 5.73. The van der Waals surface area contributed by atoms with Gasteiger partial charge in [0, 0.05) is 46.2 Å². The van der Waals surface area contributed by atoms with Gasteiger partial charge in [-0.1, -0.05) is 12.1 Å². The summed E-state index contributed by atoms with van der Waals surface area (Å²) in [5.41, 5.74) is 0.875. The number of nitrogens with zero attached hydrogens (tertiary/aromatic N) is 3. The van der Waals surface area contributed by atoms with Crippen LogP contribution in [-0.4, -0.2) is 84.5 Å². The summed E-state index contributed by atoms with van der Waals surface area (Å²) in [6.07, 6.45) is -4.68. The molecule has 3 aliphatic heterocycles. The molecule has 6 nitrogen and oxygen atoms in total. The minimum atomic E-state index is -4.68. The van der Waals surface area contributed by atoms with Gasteiger partial charge in [-0.05, 0) is 17.7 Å². The fourth-order valence-corrected chi connectivity index (χ4v) is 4.67. The summed E-state index contributed by atoms with van der Waals surface area (Å²) < 4.78 is 46.3. The Morgan fingerprint density at radius 2 is 1.96 bits per heavy atom. The first kappa shape index (κ1) is 19.5. The maximum Gasteiger partial charge on any atom is 0.573 e. The van der Waals surface area contributed by atoms with Crippen molar-refractivity contribution in [2.75, 3.05) is 45.9 Å². The third-order valence-corrected chi connectivity index (χ3v) is 5.80. The van der Waals surface area contributed by atoms with E-state index in [1.54, 1.807) is 19.1 Å². The van der Waals surface area contributed by atoms with Crippen LogP contribution in [0.15, 0.2) is 24.3 Å². The lowest BCUT2D eigenvalue weighted by Gasteiger charge is -2.63. The van der Waals surface area contributed by atoms with E-state index in [0.29, 0.717) is 32.8 Å². The predicted octanol–water partition coefficient (Wildman–Crippen LogP) is 1.70. The van der Waals surface area contributed by atoms with Crippen molar-refractivity contribution in [2.24, 2.45) is 0 Å². The van der Waals surface area contributed by atoms with Crippen LogP contribution in [0.3, 0.4) is 0 Å². The number of ether oxygens (including phenoxy) is 2. The second-order valence-electron chi connectivity index (χ2n) is 7.88. The van der Waals surface area contributed by atoms with E-state index in [1.807, 2.05) is 4.90 Å². The molecule has 0 aromatic heterocycles. The van der Waals surface area contributed by atoms with Crippen LogP contribution in [0.5, 0.6) is 5.75 Å². The van der Waals surface area contributed by atoms with Gasteiger partial charge in [0.15, 0.2) is 0 Å². The maximum absolute atomic E-state index is 12.3. The van der Waals surface area contributed by atoms with Crippen LogP contribution < -0.4 is 4.74 Å². The van der Waals surface area contributed by atoms with Crippen molar-refractivity contribution in [2.45, 2.75) is 31.4 Å². The fourth-order valence-electron chi connectivity index (χ4n) is 4.67. The molecule has 3 heterocycles. The number of alkyl halides is 3. The summed E-state index contributed by atoms with van der Waals surface area (Å²) in [5.74, 6) is -0.125. The molecule has 1 spiro atoms. The smallest absolute Gasteiger partial charge is 0.406 e. The zero-order valence-electron chi connectivity index (χ0n) is 15.7. The molecular weight excluding hydrogens is 375 g/mol. The van der Waals surface area contributed by atoms with Gasteiger partial charge in [0.2, 0.25) is 5.91 Å². The molecule has 28 heavy (non-hydrogen) atoms. The number of benzene rings is 1. The Hall–Kier alpha value is -1.84. The molecule has 4 rings (SSSR count). The molecule has 1 atom stereocenters. The molecule has 154 valence electrons. The molecule has 0 bridgehead atoms. The van der Waals surface area contributed by atoms with Gasteiger partial charge in [-0.25, -0.2) is 0 Å². The number of hydrogen-bond donors (Lipinski definition) is 0. The van der Waals surface area contributed by atoms with Gasteiger partial charge in [-0.2, -0.15) is 0 Å². The molecule has 3 fully saturated rings. The Morgan fingerprint density at radius 3 is 2.61 bits per heavy atom. The van der Waals surface area contributed by atoms with Crippen molar-refractivity contribution in [3.63, 3.8) is 0 Å². The van der Waals surface area contributed by atoms with Gasteiger partial charge in [-0.3, -0.25) is 14.6 Å². The fraction of sp³-hybridized carbons (Fsp3) is 0.632. The molecule has 0 saturated carbocycles. The monoisotopic (exact) mass is 399 g/mol. The van der Waals surface area contributed by atoms with E-state index < -0.39 is 6.36 Å². The van der Waals surface area contributed by atoms with Crippen LogP contribution in [0.1, 0.15) is 12.5 Å². The number of carbonyl (C=O) groups is 1. The van der Waals surface area contributed by atoms with Crippen LogP contribution in [0.25, 0.3) is 0 Å². The first-order chi connectivity index (χ1) is 13.2. The minimum absolute atomic E-state index is 0.0578. The van der Waals surface area contributed by atoms with Gasteiger partial charge in [0.25, 0.3) is 0 Å². The van der Waals surface area contributed by atoms with E-state index >= 15 is 0 Å². The quantitative estimate of drug-likeness (QED) is 0.774. The lowest BCUT2D eigenvalue weighted by Crippen LogP contribution is -2.80. The number of hydrogen-bond acceptors (Lipinski definition) is 5. The van der Waals surface area contributed by atoms with Gasteiger partial charge in [0.05, 0.1) is 24.8 Å². The number of carbonyl (C=O) groups excluding carboxylic acids is 1. The molecule has 9 heteroatoms. The third-order valence-electron chi connectivity index (χ3n) is 5.80. The van der Waals surface area contributed by atoms with Gasteiger partial charge < -0.3 is 14.4 Å². The van der Waals surface area contributed by atoms with Crippen LogP contribution in [0, 0.1) is 0 Å². The van der Waals surface area contributed by atoms with E-state index in [-0.39, 0.29) is 23.2 Å². The predicted molar refractivity (Wildman–Crippen MR) is 94.7 cm³/mol. The van der Waals surface area contributed by atoms with Crippen molar-refractivity contribution in [3.8, 4) is 5.75 Å². The number of amides is 1. The van der Waals surface area contributed by atoms with Gasteiger partial charge in [0.1, 0.15) is 5.75 Å². The Labute approximate surface area is 161 Å². The highest BCUT2D eigenvalue weighted by atomic mass is 19.4. The summed E-state index contributed by atoms with van der Waals surface area (Å²) in [6, 6.07) is 6.23. The molecule has 0 aliphatic carbocycles. The number of piperazine rings is 1. The number of likely N-dealkylation sites (tertiary alicyclic amines) is 1. The molecule has 0 unspecified atom stereocenters. The normalized spacial score (nSPS) is 25.3. The highest BCUT2D eigenvalue weighted by Crippen LogP contribution is 2.36. The van der Waals surface area contributed by atoms with Crippen molar-refractivity contribution in [3.05, 3.63) is 29.8 Å². The number of rotatable bonds is 3. The molecule has 1 amide bonds. The first-order valence-electron chi connectivity index (χ1n) is 9.41. The summed E-state index contributed by atoms with van der Waals surface area (Å²) in [4.78, 5) is 18.6. The number of halogens is 3. The van der Waals surface area contributed by atoms with Crippen molar-refractivity contribution < 1.29 is 27.4 Å². The van der Waals surface area contributed by atoms with Crippen LogP contribution >= 0.6 is 0 Å². The van der Waals surface area contributed by atoms with Crippen LogP contribution in [0.2, 0.25) is 0 Å². The Balaban J connectivity index is 1.39. The topological polar surface area (TPSA) is 45.2 Å². The van der Waals surface area contributed by atoms with Crippen molar-refractivity contribution in [1.29, 1.82) is 0 Å². The van der Waals surface area contributed by atoms with Crippen molar-refractivity contribution >= 4 is 5.91 Å². The molecule has 1 aromatic carbocycles. The first-order valence-corrected chi connectivity index (χ1v) is 9.41. The van der Waals surface area contributed by atoms with E-state index in [9.17, 15) is 18.0 Å². The molecule has 0 N–H and O–H groups in total. The van der Waals surface area contributed by atoms with E-state index in [2.05, 4.69) is 14.5 Å². The molecule has 3 aliphatic rings. The molecule has 3 saturated heterocycles. The zero-order chi connectivity index (χ0) is 19.9. The van der Waals surface area contributed by atoms with Crippen LogP contribution in [0.4, 0.5) is 13.2 Å². The van der Waals surface area contributed by atoms with E-state index in [0.717, 1.165) is 25.2 Å². The Morgan fingerprint density at radius 1 is 1.25 bits per heavy atom. The highest BCUT2D eigenvalue weighted by Gasteiger charge is 2.54. The standard InChI is InChI=1S/C19H24F3N3O3/c1-14(26)24-9-16-10-27-7-6-25(16)18(13-24)11-23(12-18)8-15-2-4-17(5-3-15)28-19(20,21)22/h2-5,16H,6-13H2,1H3/t16-/m1/s1. The second kappa shape index (κ2) is 7.20. The van der Waals surface area contributed by atoms with Gasteiger partial charge in [-0.15, -0.1) is 13.2 Å². The SMILES string of the molecule is CC(=O)N1C[C@@H]2COCCN2C2(CN(Cc3ccc(OC(F)(F)F)cc3)C2)C1. The van der Waals surface area contributed by atoms with E-state index in [4.69, 9.17) is 4.74 Å².